The summed E-state index contributed by atoms with van der Waals surface area (Å²) in [7, 11) is 0. The van der Waals surface area contributed by atoms with E-state index in [-0.39, 0.29) is 23.6 Å². The van der Waals surface area contributed by atoms with Crippen molar-refractivity contribution in [3.8, 4) is 17.0 Å². The molecule has 3 aromatic heterocycles. The van der Waals surface area contributed by atoms with Gasteiger partial charge >= 0.3 is 12.1 Å². The SMILES string of the molecule is CC(C)(C)Sc1c(CC(C)(C)C(=O)O)n(Cc2ccc(-c3ccc(C(F)(F)F)cn3)cc2)c2ccc(OCc3ccc4ccc(F)cc4n3)cc12. The molecule has 3 heterocycles. The fourth-order valence-corrected chi connectivity index (χ4v) is 6.97. The largest absolute Gasteiger partial charge is 0.487 e. The third-order valence-electron chi connectivity index (χ3n) is 8.47. The zero-order valence-corrected chi connectivity index (χ0v) is 29.6. The van der Waals surface area contributed by atoms with Crippen molar-refractivity contribution in [3.63, 3.8) is 0 Å². The predicted octanol–water partition coefficient (Wildman–Crippen LogP) is 10.6. The zero-order valence-electron chi connectivity index (χ0n) is 28.8. The Kier molecular flexibility index (Phi) is 9.63. The normalized spacial score (nSPS) is 12.5. The number of thioether (sulfide) groups is 1. The second kappa shape index (κ2) is 13.7. The minimum Gasteiger partial charge on any atom is -0.487 e. The van der Waals surface area contributed by atoms with Crippen LogP contribution in [0.5, 0.6) is 5.75 Å². The first-order chi connectivity index (χ1) is 24.0. The van der Waals surface area contributed by atoms with Gasteiger partial charge in [-0.05, 0) is 67.9 Å². The molecule has 0 aliphatic heterocycles. The first-order valence-corrected chi connectivity index (χ1v) is 17.2. The van der Waals surface area contributed by atoms with Gasteiger partial charge in [0.2, 0.25) is 0 Å². The number of aromatic nitrogens is 3. The molecule has 0 amide bonds. The Bertz CT molecular complexity index is 2220. The first kappa shape index (κ1) is 35.9. The van der Waals surface area contributed by atoms with Gasteiger partial charge in [0.25, 0.3) is 0 Å². The Hall–Kier alpha value is -4.90. The molecule has 0 aliphatic carbocycles. The van der Waals surface area contributed by atoms with Crippen molar-refractivity contribution in [1.82, 2.24) is 14.5 Å². The van der Waals surface area contributed by atoms with E-state index >= 15 is 0 Å². The highest BCUT2D eigenvalue weighted by Crippen LogP contribution is 2.44. The molecule has 0 saturated heterocycles. The number of hydrogen-bond acceptors (Lipinski definition) is 5. The van der Waals surface area contributed by atoms with Crippen LogP contribution in [0.2, 0.25) is 0 Å². The van der Waals surface area contributed by atoms with Crippen molar-refractivity contribution in [2.75, 3.05) is 0 Å². The Morgan fingerprint density at radius 3 is 2.27 bits per heavy atom. The number of carboxylic acids is 1. The number of carbonyl (C=O) groups is 1. The zero-order chi connectivity index (χ0) is 36.7. The van der Waals surface area contributed by atoms with Crippen LogP contribution in [0, 0.1) is 11.2 Å². The number of ether oxygens (including phenoxy) is 1. The summed E-state index contributed by atoms with van der Waals surface area (Å²) in [5, 5.41) is 11.9. The van der Waals surface area contributed by atoms with Crippen LogP contribution in [0.3, 0.4) is 0 Å². The van der Waals surface area contributed by atoms with Crippen molar-refractivity contribution in [1.29, 1.82) is 0 Å². The number of carboxylic acid groups (broad SMARTS) is 1. The lowest BCUT2D eigenvalue weighted by atomic mass is 9.88. The summed E-state index contributed by atoms with van der Waals surface area (Å²) < 4.78 is 61.2. The van der Waals surface area contributed by atoms with Crippen LogP contribution < -0.4 is 4.74 Å². The molecule has 3 aromatic carbocycles. The summed E-state index contributed by atoms with van der Waals surface area (Å²) in [6.45, 7) is 10.3. The second-order valence-corrected chi connectivity index (χ2v) is 16.0. The Labute approximate surface area is 297 Å². The lowest BCUT2D eigenvalue weighted by Gasteiger charge is -2.24. The number of nitrogens with zero attached hydrogens (tertiary/aromatic N) is 3. The quantitative estimate of drug-likeness (QED) is 0.112. The number of alkyl halides is 3. The average molecular weight is 716 g/mol. The van der Waals surface area contributed by atoms with Crippen molar-refractivity contribution in [3.05, 3.63) is 119 Å². The van der Waals surface area contributed by atoms with Crippen molar-refractivity contribution in [2.24, 2.45) is 5.41 Å². The molecule has 0 unspecified atom stereocenters. The van der Waals surface area contributed by atoms with Gasteiger partial charge in [0.15, 0.2) is 0 Å². The van der Waals surface area contributed by atoms with E-state index in [0.717, 1.165) is 44.7 Å². The maximum absolute atomic E-state index is 13.8. The molecule has 264 valence electrons. The molecule has 6 rings (SSSR count). The van der Waals surface area contributed by atoms with Crippen molar-refractivity contribution < 1.29 is 32.2 Å². The molecular weight excluding hydrogens is 679 g/mol. The molecule has 51 heavy (non-hydrogen) atoms. The number of halogens is 4. The van der Waals surface area contributed by atoms with E-state index in [1.54, 1.807) is 31.7 Å². The van der Waals surface area contributed by atoms with Crippen LogP contribution in [0.4, 0.5) is 17.6 Å². The van der Waals surface area contributed by atoms with Crippen LogP contribution >= 0.6 is 11.8 Å². The van der Waals surface area contributed by atoms with E-state index in [1.165, 1.54) is 18.2 Å². The first-order valence-electron chi connectivity index (χ1n) is 16.3. The average Bonchev–Trinajstić information content (AvgIpc) is 3.32. The van der Waals surface area contributed by atoms with Crippen LogP contribution in [0.25, 0.3) is 33.1 Å². The third-order valence-corrected chi connectivity index (χ3v) is 9.74. The summed E-state index contributed by atoms with van der Waals surface area (Å²) in [6, 6.07) is 23.8. The van der Waals surface area contributed by atoms with E-state index in [9.17, 15) is 27.5 Å². The molecule has 6 nitrogen and oxygen atoms in total. The molecule has 1 N–H and O–H groups in total. The molecule has 0 atom stereocenters. The summed E-state index contributed by atoms with van der Waals surface area (Å²) >= 11 is 1.66. The molecule has 0 spiro atoms. The number of benzene rings is 3. The van der Waals surface area contributed by atoms with Gasteiger partial charge in [0.1, 0.15) is 18.2 Å². The third kappa shape index (κ3) is 8.20. The second-order valence-electron chi connectivity index (χ2n) is 14.2. The van der Waals surface area contributed by atoms with Gasteiger partial charge in [-0.2, -0.15) is 13.2 Å². The monoisotopic (exact) mass is 715 g/mol. The summed E-state index contributed by atoms with van der Waals surface area (Å²) in [6.07, 6.45) is -3.37. The van der Waals surface area contributed by atoms with E-state index in [1.807, 2.05) is 54.6 Å². The van der Waals surface area contributed by atoms with Gasteiger partial charge in [-0.3, -0.25) is 9.78 Å². The molecule has 0 fully saturated rings. The van der Waals surface area contributed by atoms with Gasteiger partial charge in [0, 0.05) is 62.4 Å². The van der Waals surface area contributed by atoms with E-state index in [2.05, 4.69) is 35.3 Å². The maximum atomic E-state index is 13.8. The summed E-state index contributed by atoms with van der Waals surface area (Å²) in [4.78, 5) is 21.9. The Morgan fingerprint density at radius 1 is 0.902 bits per heavy atom. The standard InChI is InChI=1S/C40H37F4N3O3S/c1-38(2,3)51-36-31-19-30(50-23-29-14-11-26-10-13-28(41)18-33(26)46-29)15-17-34(31)47(35(36)20-39(4,5)37(48)49)22-24-6-8-25(9-7-24)32-16-12-27(21-45-32)40(42,43)44/h6-19,21H,20,22-23H2,1-5H3,(H,48,49). The molecular formula is C40H37F4N3O3S. The van der Waals surface area contributed by atoms with Crippen LogP contribution in [-0.2, 0) is 30.5 Å². The van der Waals surface area contributed by atoms with Gasteiger partial charge < -0.3 is 14.4 Å². The highest BCUT2D eigenvalue weighted by atomic mass is 32.2. The topological polar surface area (TPSA) is 77.2 Å². The predicted molar refractivity (Wildman–Crippen MR) is 192 cm³/mol. The number of fused-ring (bicyclic) bond motifs is 2. The fourth-order valence-electron chi connectivity index (χ4n) is 5.78. The smallest absolute Gasteiger partial charge is 0.417 e. The minimum atomic E-state index is -4.46. The lowest BCUT2D eigenvalue weighted by Crippen LogP contribution is -2.28. The highest BCUT2D eigenvalue weighted by molar-refractivity contribution is 8.00. The molecule has 0 radical (unpaired) electrons. The number of pyridine rings is 2. The van der Waals surface area contributed by atoms with E-state index < -0.39 is 23.1 Å². The maximum Gasteiger partial charge on any atom is 0.417 e. The summed E-state index contributed by atoms with van der Waals surface area (Å²) in [5.74, 6) is -0.666. The van der Waals surface area contributed by atoms with Crippen molar-refractivity contribution in [2.45, 2.75) is 70.0 Å². The van der Waals surface area contributed by atoms with Crippen LogP contribution in [0.1, 0.15) is 57.1 Å². The Balaban J connectivity index is 1.37. The summed E-state index contributed by atoms with van der Waals surface area (Å²) in [5.41, 5.74) is 3.11. The molecule has 11 heteroatoms. The van der Waals surface area contributed by atoms with E-state index in [0.29, 0.717) is 34.8 Å². The molecule has 6 aromatic rings. The van der Waals surface area contributed by atoms with E-state index in [4.69, 9.17) is 4.74 Å². The lowest BCUT2D eigenvalue weighted by molar-refractivity contribution is -0.147. The Morgan fingerprint density at radius 2 is 1.63 bits per heavy atom. The number of hydrogen-bond donors (Lipinski definition) is 1. The molecule has 0 saturated carbocycles. The number of rotatable bonds is 10. The van der Waals surface area contributed by atoms with Gasteiger partial charge in [0.05, 0.1) is 27.9 Å². The van der Waals surface area contributed by atoms with Crippen LogP contribution in [0.15, 0.2) is 96.0 Å². The van der Waals surface area contributed by atoms with Gasteiger partial charge in [-0.1, -0.05) is 51.1 Å². The van der Waals surface area contributed by atoms with Gasteiger partial charge in [-0.15, -0.1) is 11.8 Å². The molecule has 0 aliphatic rings. The number of aliphatic carboxylic acids is 1. The minimum absolute atomic E-state index is 0.166. The van der Waals surface area contributed by atoms with Crippen LogP contribution in [-0.4, -0.2) is 30.4 Å². The molecule has 0 bridgehead atoms. The fraction of sp³-hybridized carbons (Fsp3) is 0.275. The van der Waals surface area contributed by atoms with Crippen molar-refractivity contribution >= 4 is 39.5 Å². The van der Waals surface area contributed by atoms with Gasteiger partial charge in [-0.25, -0.2) is 9.37 Å². The highest BCUT2D eigenvalue weighted by Gasteiger charge is 2.33.